The Hall–Kier alpha value is -1.92. The van der Waals surface area contributed by atoms with Gasteiger partial charge < -0.3 is 20.3 Å². The molecule has 8 nitrogen and oxygen atoms in total. The number of nitrogens with zero attached hydrogens (tertiary/aromatic N) is 1. The van der Waals surface area contributed by atoms with Crippen LogP contribution in [0.25, 0.3) is 0 Å². The number of hydrogen-bond donors (Lipinski definition) is 3. The standard InChI is InChI=1S/C14H19N3O5/c1-3-9-10(18)11(21-2)13(22-9)17-7-8(5-4-6-15)12(19)16-14(17)20/h7,9-11,13,18H,3,6,15H2,1-2H3,(H,16,19,20)/t9-,10?,11+,13-/m1/s1. The van der Waals surface area contributed by atoms with Crippen molar-refractivity contribution >= 4 is 0 Å². The summed E-state index contributed by atoms with van der Waals surface area (Å²) in [5.74, 6) is 5.15. The van der Waals surface area contributed by atoms with Crippen molar-refractivity contribution < 1.29 is 14.6 Å². The van der Waals surface area contributed by atoms with Gasteiger partial charge in [0.25, 0.3) is 5.56 Å². The van der Waals surface area contributed by atoms with Gasteiger partial charge in [-0.3, -0.25) is 14.3 Å². The molecule has 0 aromatic carbocycles. The van der Waals surface area contributed by atoms with E-state index < -0.39 is 35.8 Å². The number of ether oxygens (including phenoxy) is 2. The Morgan fingerprint density at radius 1 is 1.55 bits per heavy atom. The molecule has 1 aromatic heterocycles. The fourth-order valence-electron chi connectivity index (χ4n) is 2.44. The van der Waals surface area contributed by atoms with E-state index in [0.29, 0.717) is 6.42 Å². The molecule has 1 fully saturated rings. The summed E-state index contributed by atoms with van der Waals surface area (Å²) in [6.07, 6.45) is -1.01. The molecule has 1 saturated heterocycles. The molecular weight excluding hydrogens is 290 g/mol. The minimum absolute atomic E-state index is 0.0931. The number of hydrogen-bond acceptors (Lipinski definition) is 6. The Labute approximate surface area is 126 Å². The van der Waals surface area contributed by atoms with Gasteiger partial charge in [0.05, 0.1) is 12.6 Å². The van der Waals surface area contributed by atoms with Crippen molar-refractivity contribution in [3.63, 3.8) is 0 Å². The zero-order chi connectivity index (χ0) is 16.3. The van der Waals surface area contributed by atoms with E-state index in [1.54, 1.807) is 0 Å². The number of aromatic amines is 1. The molecule has 120 valence electrons. The number of aromatic nitrogens is 2. The van der Waals surface area contributed by atoms with Crippen LogP contribution in [-0.4, -0.2) is 46.6 Å². The summed E-state index contributed by atoms with van der Waals surface area (Å²) in [4.78, 5) is 25.9. The highest BCUT2D eigenvalue weighted by Crippen LogP contribution is 2.31. The van der Waals surface area contributed by atoms with Crippen LogP contribution in [0.1, 0.15) is 25.1 Å². The molecule has 1 aliphatic rings. The molecule has 1 aromatic rings. The van der Waals surface area contributed by atoms with Crippen LogP contribution in [-0.2, 0) is 9.47 Å². The Kier molecular flexibility index (Phi) is 5.15. The first kappa shape index (κ1) is 16.5. The maximum absolute atomic E-state index is 12.0. The molecule has 0 radical (unpaired) electrons. The lowest BCUT2D eigenvalue weighted by molar-refractivity contribution is -0.0543. The van der Waals surface area contributed by atoms with Crippen LogP contribution in [0.15, 0.2) is 15.8 Å². The smallest absolute Gasteiger partial charge is 0.330 e. The van der Waals surface area contributed by atoms with Crippen LogP contribution in [0.3, 0.4) is 0 Å². The maximum atomic E-state index is 12.0. The third-order valence-electron chi connectivity index (χ3n) is 3.55. The maximum Gasteiger partial charge on any atom is 0.330 e. The summed E-state index contributed by atoms with van der Waals surface area (Å²) < 4.78 is 12.1. The van der Waals surface area contributed by atoms with E-state index in [0.717, 1.165) is 0 Å². The van der Waals surface area contributed by atoms with Gasteiger partial charge in [-0.2, -0.15) is 0 Å². The normalized spacial score (nSPS) is 27.5. The summed E-state index contributed by atoms with van der Waals surface area (Å²) >= 11 is 0. The molecule has 2 heterocycles. The fourth-order valence-corrected chi connectivity index (χ4v) is 2.44. The SMILES string of the molecule is CC[C@H]1O[C@@H](n2cc(C#CCN)c(=O)[nH]c2=O)[C@@H](OC)C1O. The summed E-state index contributed by atoms with van der Waals surface area (Å²) in [6.45, 7) is 1.95. The molecule has 1 unspecified atom stereocenters. The second-order valence-corrected chi connectivity index (χ2v) is 4.88. The van der Waals surface area contributed by atoms with Crippen LogP contribution in [0.2, 0.25) is 0 Å². The van der Waals surface area contributed by atoms with Crippen LogP contribution in [0, 0.1) is 11.8 Å². The molecule has 0 spiro atoms. The molecule has 0 amide bonds. The van der Waals surface area contributed by atoms with Crippen molar-refractivity contribution in [2.45, 2.75) is 37.9 Å². The molecule has 22 heavy (non-hydrogen) atoms. The number of methoxy groups -OCH3 is 1. The number of rotatable bonds is 3. The lowest BCUT2D eigenvalue weighted by Crippen LogP contribution is -2.39. The fraction of sp³-hybridized carbons (Fsp3) is 0.571. The van der Waals surface area contributed by atoms with Crippen molar-refractivity contribution in [3.8, 4) is 11.8 Å². The van der Waals surface area contributed by atoms with Crippen LogP contribution in [0.5, 0.6) is 0 Å². The minimum Gasteiger partial charge on any atom is -0.388 e. The summed E-state index contributed by atoms with van der Waals surface area (Å²) in [5, 5.41) is 10.2. The summed E-state index contributed by atoms with van der Waals surface area (Å²) in [7, 11) is 1.42. The lowest BCUT2D eigenvalue weighted by Gasteiger charge is -2.20. The number of aliphatic hydroxyl groups is 1. The first-order valence-electron chi connectivity index (χ1n) is 6.94. The molecule has 0 saturated carbocycles. The Morgan fingerprint density at radius 3 is 2.86 bits per heavy atom. The van der Waals surface area contributed by atoms with Gasteiger partial charge >= 0.3 is 5.69 Å². The molecule has 8 heteroatoms. The highest BCUT2D eigenvalue weighted by molar-refractivity contribution is 5.30. The highest BCUT2D eigenvalue weighted by atomic mass is 16.6. The van der Waals surface area contributed by atoms with Gasteiger partial charge in [0.1, 0.15) is 17.8 Å². The third kappa shape index (κ3) is 2.98. The number of aliphatic hydroxyl groups excluding tert-OH is 1. The molecule has 4 atom stereocenters. The van der Waals surface area contributed by atoms with Gasteiger partial charge in [0, 0.05) is 13.3 Å². The quantitative estimate of drug-likeness (QED) is 0.586. The van der Waals surface area contributed by atoms with Crippen LogP contribution >= 0.6 is 0 Å². The summed E-state index contributed by atoms with van der Waals surface area (Å²) in [5.41, 5.74) is 4.13. The van der Waals surface area contributed by atoms with Gasteiger partial charge in [0.15, 0.2) is 6.23 Å². The predicted octanol–water partition coefficient (Wildman–Crippen LogP) is -1.47. The lowest BCUT2D eigenvalue weighted by atomic mass is 10.1. The third-order valence-corrected chi connectivity index (χ3v) is 3.55. The average Bonchev–Trinajstić information content (AvgIpc) is 2.82. The molecule has 2 rings (SSSR count). The number of H-pyrrole nitrogens is 1. The second-order valence-electron chi connectivity index (χ2n) is 4.88. The van der Waals surface area contributed by atoms with E-state index in [1.165, 1.54) is 17.9 Å². The molecule has 0 aliphatic carbocycles. The summed E-state index contributed by atoms with van der Waals surface area (Å²) in [6, 6.07) is 0. The largest absolute Gasteiger partial charge is 0.388 e. The molecule has 0 bridgehead atoms. The van der Waals surface area contributed by atoms with Crippen molar-refractivity contribution in [1.29, 1.82) is 0 Å². The zero-order valence-electron chi connectivity index (χ0n) is 12.4. The van der Waals surface area contributed by atoms with E-state index in [1.807, 2.05) is 6.92 Å². The molecule has 4 N–H and O–H groups in total. The Bertz CT molecular complexity index is 699. The Morgan fingerprint density at radius 2 is 2.27 bits per heavy atom. The van der Waals surface area contributed by atoms with E-state index >= 15 is 0 Å². The van der Waals surface area contributed by atoms with E-state index in [9.17, 15) is 14.7 Å². The monoisotopic (exact) mass is 309 g/mol. The predicted molar refractivity (Wildman–Crippen MR) is 78.3 cm³/mol. The second kappa shape index (κ2) is 6.89. The Balaban J connectivity index is 2.47. The van der Waals surface area contributed by atoms with Crippen LogP contribution in [0.4, 0.5) is 0 Å². The molecule has 1 aliphatic heterocycles. The first-order chi connectivity index (χ1) is 10.5. The average molecular weight is 309 g/mol. The van der Waals surface area contributed by atoms with E-state index in [2.05, 4.69) is 16.8 Å². The van der Waals surface area contributed by atoms with E-state index in [4.69, 9.17) is 15.2 Å². The number of nitrogens with two attached hydrogens (primary N) is 1. The van der Waals surface area contributed by atoms with Gasteiger partial charge in [-0.05, 0) is 6.42 Å². The van der Waals surface area contributed by atoms with Gasteiger partial charge in [-0.25, -0.2) is 4.79 Å². The number of nitrogens with one attached hydrogen (secondary N) is 1. The zero-order valence-corrected chi connectivity index (χ0v) is 12.4. The van der Waals surface area contributed by atoms with Gasteiger partial charge in [-0.1, -0.05) is 18.8 Å². The van der Waals surface area contributed by atoms with Gasteiger partial charge in [-0.15, -0.1) is 0 Å². The molecular formula is C14H19N3O5. The van der Waals surface area contributed by atoms with Crippen molar-refractivity contribution in [2.24, 2.45) is 5.73 Å². The van der Waals surface area contributed by atoms with Crippen molar-refractivity contribution in [3.05, 3.63) is 32.6 Å². The van der Waals surface area contributed by atoms with Crippen molar-refractivity contribution in [1.82, 2.24) is 9.55 Å². The van der Waals surface area contributed by atoms with Gasteiger partial charge in [0.2, 0.25) is 0 Å². The van der Waals surface area contributed by atoms with Crippen molar-refractivity contribution in [2.75, 3.05) is 13.7 Å². The highest BCUT2D eigenvalue weighted by Gasteiger charge is 2.44. The minimum atomic E-state index is -0.864. The van der Waals surface area contributed by atoms with Crippen LogP contribution < -0.4 is 17.0 Å². The first-order valence-corrected chi connectivity index (χ1v) is 6.94. The van der Waals surface area contributed by atoms with E-state index in [-0.39, 0.29) is 12.1 Å². The topological polar surface area (TPSA) is 120 Å².